The number of aromatic nitrogens is 1. The van der Waals surface area contributed by atoms with Crippen molar-refractivity contribution in [2.75, 3.05) is 0 Å². The third kappa shape index (κ3) is 6.35. The largest absolute Gasteiger partial charge is 0.345 e. The zero-order chi connectivity index (χ0) is 21.2. The van der Waals surface area contributed by atoms with Gasteiger partial charge in [-0.3, -0.25) is 4.79 Å². The Hall–Kier alpha value is -2.81. The molecule has 0 aliphatic rings. The summed E-state index contributed by atoms with van der Waals surface area (Å²) in [7, 11) is 0. The van der Waals surface area contributed by atoms with Crippen LogP contribution in [-0.2, 0) is 24.4 Å². The summed E-state index contributed by atoms with van der Waals surface area (Å²) < 4.78 is 2.27. The maximum Gasteiger partial charge on any atom is 0.223 e. The van der Waals surface area contributed by atoms with Crippen LogP contribution in [0.3, 0.4) is 0 Å². The minimum absolute atomic E-state index is 0.249. The molecule has 1 aromatic heterocycles. The van der Waals surface area contributed by atoms with Gasteiger partial charge >= 0.3 is 0 Å². The predicted molar refractivity (Wildman–Crippen MR) is 124 cm³/mol. The van der Waals surface area contributed by atoms with E-state index in [4.69, 9.17) is 0 Å². The van der Waals surface area contributed by atoms with Crippen molar-refractivity contribution < 1.29 is 4.79 Å². The van der Waals surface area contributed by atoms with Gasteiger partial charge in [0.15, 0.2) is 0 Å². The van der Waals surface area contributed by atoms with E-state index >= 15 is 0 Å². The van der Waals surface area contributed by atoms with E-state index in [0.717, 1.165) is 19.4 Å². The lowest BCUT2D eigenvalue weighted by Crippen LogP contribution is -2.30. The van der Waals surface area contributed by atoms with Crippen molar-refractivity contribution in [2.45, 2.75) is 65.6 Å². The highest BCUT2D eigenvalue weighted by Crippen LogP contribution is 2.17. The Labute approximate surface area is 181 Å². The highest BCUT2D eigenvalue weighted by Gasteiger charge is 2.16. The van der Waals surface area contributed by atoms with Crippen LogP contribution in [-0.4, -0.2) is 15.4 Å². The van der Waals surface area contributed by atoms with Gasteiger partial charge in [-0.15, -0.1) is 0 Å². The molecule has 0 unspecified atom stereocenters. The number of carbonyl (C=O) groups excluding carboxylic acids is 1. The van der Waals surface area contributed by atoms with E-state index in [2.05, 4.69) is 73.1 Å². The molecule has 0 spiro atoms. The van der Waals surface area contributed by atoms with Gasteiger partial charge in [0, 0.05) is 31.4 Å². The van der Waals surface area contributed by atoms with Crippen molar-refractivity contribution in [1.82, 2.24) is 9.47 Å². The third-order valence-corrected chi connectivity index (χ3v) is 5.69. The lowest BCUT2D eigenvalue weighted by atomic mass is 10.1. The molecular formula is C27H34N2O. The summed E-state index contributed by atoms with van der Waals surface area (Å²) in [5.74, 6) is 0.249. The van der Waals surface area contributed by atoms with E-state index in [9.17, 15) is 4.79 Å². The first-order valence-electron chi connectivity index (χ1n) is 11.2. The molecule has 0 bridgehead atoms. The highest BCUT2D eigenvalue weighted by molar-refractivity contribution is 5.76. The van der Waals surface area contributed by atoms with Crippen molar-refractivity contribution in [2.24, 2.45) is 0 Å². The van der Waals surface area contributed by atoms with Crippen LogP contribution in [0.25, 0.3) is 0 Å². The number of amides is 1. The van der Waals surface area contributed by atoms with Gasteiger partial charge in [-0.25, -0.2) is 0 Å². The number of nitrogens with zero attached hydrogens (tertiary/aromatic N) is 2. The average molecular weight is 403 g/mol. The molecule has 3 heteroatoms. The van der Waals surface area contributed by atoms with Crippen molar-refractivity contribution in [3.8, 4) is 0 Å². The van der Waals surface area contributed by atoms with E-state index < -0.39 is 0 Å². The Morgan fingerprint density at radius 2 is 1.63 bits per heavy atom. The molecule has 1 amide bonds. The number of hydrogen-bond donors (Lipinski definition) is 0. The topological polar surface area (TPSA) is 25.2 Å². The molecule has 158 valence electrons. The maximum absolute atomic E-state index is 13.1. The molecule has 0 N–H and O–H groups in total. The summed E-state index contributed by atoms with van der Waals surface area (Å²) in [5.41, 5.74) is 4.97. The maximum atomic E-state index is 13.1. The Morgan fingerprint density at radius 1 is 0.867 bits per heavy atom. The summed E-state index contributed by atoms with van der Waals surface area (Å²) in [5, 5.41) is 0. The lowest BCUT2D eigenvalue weighted by Gasteiger charge is -2.24. The quantitative estimate of drug-likeness (QED) is 0.343. The Kier molecular flexibility index (Phi) is 8.31. The summed E-state index contributed by atoms with van der Waals surface area (Å²) in [6.45, 7) is 6.48. The number of benzene rings is 2. The summed E-state index contributed by atoms with van der Waals surface area (Å²) in [6.07, 6.45) is 7.24. The van der Waals surface area contributed by atoms with Gasteiger partial charge in [-0.1, -0.05) is 80.8 Å². The first-order valence-corrected chi connectivity index (χ1v) is 11.2. The first-order chi connectivity index (χ1) is 14.7. The summed E-state index contributed by atoms with van der Waals surface area (Å²) in [6, 6.07) is 23.0. The predicted octanol–water partition coefficient (Wildman–Crippen LogP) is 6.34. The minimum atomic E-state index is 0.249. The van der Waals surface area contributed by atoms with Gasteiger partial charge < -0.3 is 9.47 Å². The van der Waals surface area contributed by atoms with E-state index in [1.165, 1.54) is 35.2 Å². The molecule has 30 heavy (non-hydrogen) atoms. The van der Waals surface area contributed by atoms with Crippen LogP contribution in [0.1, 0.15) is 61.4 Å². The van der Waals surface area contributed by atoms with E-state index in [1.807, 2.05) is 23.1 Å². The van der Waals surface area contributed by atoms with E-state index in [1.54, 1.807) is 0 Å². The standard InChI is InChI=1S/C27H34N2O/c1-3-4-5-9-18-27(30)29(20-24-14-7-6-8-15-24)22-26-17-12-19-28(26)21-25-16-11-10-13-23(25)2/h6-8,10-17,19H,3-5,9,18,20-22H2,1-2H3. The third-order valence-electron chi connectivity index (χ3n) is 5.69. The molecule has 3 nitrogen and oxygen atoms in total. The van der Waals surface area contributed by atoms with Crippen LogP contribution in [0, 0.1) is 6.92 Å². The molecule has 2 aromatic carbocycles. The second-order valence-corrected chi connectivity index (χ2v) is 8.10. The fraction of sp³-hybridized carbons (Fsp3) is 0.370. The molecular weight excluding hydrogens is 368 g/mol. The van der Waals surface area contributed by atoms with Crippen LogP contribution >= 0.6 is 0 Å². The zero-order valence-electron chi connectivity index (χ0n) is 18.4. The Morgan fingerprint density at radius 3 is 2.40 bits per heavy atom. The number of aryl methyl sites for hydroxylation is 1. The number of rotatable bonds is 11. The van der Waals surface area contributed by atoms with Crippen LogP contribution in [0.5, 0.6) is 0 Å². The highest BCUT2D eigenvalue weighted by atomic mass is 16.2. The monoisotopic (exact) mass is 402 g/mol. The van der Waals surface area contributed by atoms with Gasteiger partial charge in [0.1, 0.15) is 0 Å². The average Bonchev–Trinajstić information content (AvgIpc) is 3.19. The fourth-order valence-corrected chi connectivity index (χ4v) is 3.81. The molecule has 0 aliphatic carbocycles. The van der Waals surface area contributed by atoms with Crippen molar-refractivity contribution >= 4 is 5.91 Å². The number of hydrogen-bond acceptors (Lipinski definition) is 1. The summed E-state index contributed by atoms with van der Waals surface area (Å²) >= 11 is 0. The van der Waals surface area contributed by atoms with Crippen molar-refractivity contribution in [3.05, 3.63) is 95.3 Å². The van der Waals surface area contributed by atoms with Crippen LogP contribution in [0.2, 0.25) is 0 Å². The Bertz CT molecular complexity index is 913. The van der Waals surface area contributed by atoms with Crippen LogP contribution in [0.15, 0.2) is 72.9 Å². The SMILES string of the molecule is CCCCCCC(=O)N(Cc1ccccc1)Cc1cccn1Cc1ccccc1C. The zero-order valence-corrected chi connectivity index (χ0v) is 18.4. The van der Waals surface area contributed by atoms with E-state index in [0.29, 0.717) is 19.5 Å². The molecule has 0 aliphatic heterocycles. The second-order valence-electron chi connectivity index (χ2n) is 8.10. The smallest absolute Gasteiger partial charge is 0.223 e. The Balaban J connectivity index is 1.73. The normalized spacial score (nSPS) is 10.9. The molecule has 3 aromatic rings. The molecule has 0 fully saturated rings. The lowest BCUT2D eigenvalue weighted by molar-refractivity contribution is -0.132. The molecule has 0 saturated carbocycles. The van der Waals surface area contributed by atoms with Gasteiger partial charge in [0.2, 0.25) is 5.91 Å². The van der Waals surface area contributed by atoms with Gasteiger partial charge in [-0.05, 0) is 42.2 Å². The molecule has 0 saturated heterocycles. The molecule has 0 radical (unpaired) electrons. The molecule has 0 atom stereocenters. The second kappa shape index (κ2) is 11.4. The fourth-order valence-electron chi connectivity index (χ4n) is 3.81. The van der Waals surface area contributed by atoms with Crippen molar-refractivity contribution in [1.29, 1.82) is 0 Å². The number of unbranched alkanes of at least 4 members (excludes halogenated alkanes) is 3. The minimum Gasteiger partial charge on any atom is -0.345 e. The van der Waals surface area contributed by atoms with Crippen molar-refractivity contribution in [3.63, 3.8) is 0 Å². The van der Waals surface area contributed by atoms with E-state index in [-0.39, 0.29) is 5.91 Å². The van der Waals surface area contributed by atoms with Crippen LogP contribution in [0.4, 0.5) is 0 Å². The molecule has 3 rings (SSSR count). The first kappa shape index (κ1) is 21.9. The van der Waals surface area contributed by atoms with Gasteiger partial charge in [0.25, 0.3) is 0 Å². The van der Waals surface area contributed by atoms with Crippen LogP contribution < -0.4 is 0 Å². The van der Waals surface area contributed by atoms with Gasteiger partial charge in [-0.2, -0.15) is 0 Å². The molecule has 1 heterocycles. The summed E-state index contributed by atoms with van der Waals surface area (Å²) in [4.78, 5) is 15.1. The van der Waals surface area contributed by atoms with Gasteiger partial charge in [0.05, 0.1) is 6.54 Å². The number of carbonyl (C=O) groups is 1.